The van der Waals surface area contributed by atoms with Gasteiger partial charge >= 0.3 is 0 Å². The quantitative estimate of drug-likeness (QED) is 0.215. The van der Waals surface area contributed by atoms with Gasteiger partial charge in [0.2, 0.25) is 6.79 Å². The average molecular weight is 518 g/mol. The summed E-state index contributed by atoms with van der Waals surface area (Å²) in [6.45, 7) is 5.55. The number of imidazole rings is 1. The van der Waals surface area contributed by atoms with Crippen LogP contribution in [0.25, 0.3) is 11.4 Å². The van der Waals surface area contributed by atoms with Gasteiger partial charge in [-0.15, -0.1) is 0 Å². The van der Waals surface area contributed by atoms with Gasteiger partial charge < -0.3 is 18.8 Å². The Labute approximate surface area is 223 Å². The highest BCUT2D eigenvalue weighted by molar-refractivity contribution is 6.30. The van der Waals surface area contributed by atoms with Crippen LogP contribution in [0.2, 0.25) is 5.02 Å². The summed E-state index contributed by atoms with van der Waals surface area (Å²) in [5, 5.41) is 0.660. The van der Waals surface area contributed by atoms with Crippen molar-refractivity contribution in [3.8, 4) is 28.6 Å². The third kappa shape index (κ3) is 5.92. The predicted octanol–water partition coefficient (Wildman–Crippen LogP) is 6.94. The molecule has 0 N–H and O–H groups in total. The molecule has 2 heterocycles. The number of unbranched alkanes of at least 4 members (excludes halogenated alkanes) is 1. The van der Waals surface area contributed by atoms with E-state index >= 15 is 0 Å². The van der Waals surface area contributed by atoms with Crippen molar-refractivity contribution in [1.29, 1.82) is 0 Å². The Bertz CT molecular complexity index is 1340. The van der Waals surface area contributed by atoms with Crippen LogP contribution >= 0.6 is 11.6 Å². The fourth-order valence-corrected chi connectivity index (χ4v) is 4.87. The van der Waals surface area contributed by atoms with E-state index in [0.717, 1.165) is 72.2 Å². The van der Waals surface area contributed by atoms with Crippen molar-refractivity contribution in [3.63, 3.8) is 0 Å². The monoisotopic (exact) mass is 517 g/mol. The molecule has 1 aromatic heterocycles. The van der Waals surface area contributed by atoms with Gasteiger partial charge in [-0.05, 0) is 36.2 Å². The van der Waals surface area contributed by atoms with E-state index in [4.69, 9.17) is 30.8 Å². The standard InChI is InChI=1S/C30H32ClN3O3/c1-3-4-14-34-26(17-32-30(34)23-8-6-5-7-9-23)20-33(19-24-11-12-25(31)16-28(24)35-2)18-22-10-13-27-29(15-22)37-21-36-27/h5-13,15-17H,3-4,14,18-21H2,1-2H3. The minimum atomic E-state index is 0.267. The predicted molar refractivity (Wildman–Crippen MR) is 146 cm³/mol. The fraction of sp³-hybridized carbons (Fsp3) is 0.300. The molecule has 4 aromatic rings. The molecule has 7 heteroatoms. The normalized spacial score (nSPS) is 12.3. The zero-order valence-electron chi connectivity index (χ0n) is 21.3. The van der Waals surface area contributed by atoms with Crippen molar-refractivity contribution < 1.29 is 14.2 Å². The average Bonchev–Trinajstić information content (AvgIpc) is 3.55. The van der Waals surface area contributed by atoms with E-state index in [1.165, 1.54) is 5.69 Å². The van der Waals surface area contributed by atoms with Crippen molar-refractivity contribution in [1.82, 2.24) is 14.5 Å². The van der Waals surface area contributed by atoms with Crippen LogP contribution in [0.4, 0.5) is 0 Å². The Morgan fingerprint density at radius 2 is 1.81 bits per heavy atom. The molecule has 0 saturated carbocycles. The molecule has 192 valence electrons. The van der Waals surface area contributed by atoms with Gasteiger partial charge in [0.25, 0.3) is 0 Å². The topological polar surface area (TPSA) is 48.8 Å². The van der Waals surface area contributed by atoms with Crippen LogP contribution in [0, 0.1) is 0 Å². The Kier molecular flexibility index (Phi) is 7.97. The Hall–Kier alpha value is -3.48. The summed E-state index contributed by atoms with van der Waals surface area (Å²) in [6.07, 6.45) is 4.23. The van der Waals surface area contributed by atoms with Crippen LogP contribution in [0.3, 0.4) is 0 Å². The van der Waals surface area contributed by atoms with Crippen molar-refractivity contribution in [3.05, 3.63) is 94.8 Å². The van der Waals surface area contributed by atoms with E-state index in [-0.39, 0.29) is 6.79 Å². The molecule has 3 aromatic carbocycles. The molecular formula is C30H32ClN3O3. The molecule has 0 spiro atoms. The molecule has 0 fully saturated rings. The van der Waals surface area contributed by atoms with Gasteiger partial charge in [-0.3, -0.25) is 4.90 Å². The highest BCUT2D eigenvalue weighted by atomic mass is 35.5. The van der Waals surface area contributed by atoms with Crippen molar-refractivity contribution in [2.24, 2.45) is 0 Å². The van der Waals surface area contributed by atoms with Crippen LogP contribution in [-0.4, -0.2) is 28.4 Å². The van der Waals surface area contributed by atoms with Gasteiger partial charge in [-0.2, -0.15) is 0 Å². The highest BCUT2D eigenvalue weighted by Crippen LogP contribution is 2.33. The van der Waals surface area contributed by atoms with Gasteiger partial charge in [0.05, 0.1) is 19.0 Å². The fourth-order valence-electron chi connectivity index (χ4n) is 4.70. The Balaban J connectivity index is 1.47. The number of halogens is 1. The maximum atomic E-state index is 6.25. The second-order valence-corrected chi connectivity index (χ2v) is 9.67. The van der Waals surface area contributed by atoms with Crippen molar-refractivity contribution in [2.75, 3.05) is 13.9 Å². The summed E-state index contributed by atoms with van der Waals surface area (Å²) in [7, 11) is 1.68. The maximum Gasteiger partial charge on any atom is 0.231 e. The molecule has 0 bridgehead atoms. The second-order valence-electron chi connectivity index (χ2n) is 9.23. The lowest BCUT2D eigenvalue weighted by Crippen LogP contribution is -2.24. The number of fused-ring (bicyclic) bond motifs is 1. The molecule has 0 unspecified atom stereocenters. The number of hydrogen-bond donors (Lipinski definition) is 0. The zero-order valence-corrected chi connectivity index (χ0v) is 22.1. The van der Waals surface area contributed by atoms with Crippen LogP contribution in [0.5, 0.6) is 17.2 Å². The molecule has 1 aliphatic heterocycles. The first-order valence-electron chi connectivity index (χ1n) is 12.7. The summed E-state index contributed by atoms with van der Waals surface area (Å²) in [4.78, 5) is 7.26. The van der Waals surface area contributed by atoms with Gasteiger partial charge in [0, 0.05) is 42.3 Å². The van der Waals surface area contributed by atoms with Gasteiger partial charge in [0.1, 0.15) is 11.6 Å². The van der Waals surface area contributed by atoms with Crippen LogP contribution < -0.4 is 14.2 Å². The number of methoxy groups -OCH3 is 1. The number of rotatable bonds is 11. The molecule has 0 saturated heterocycles. The third-order valence-electron chi connectivity index (χ3n) is 6.58. The first-order valence-corrected chi connectivity index (χ1v) is 13.1. The Morgan fingerprint density at radius 1 is 0.973 bits per heavy atom. The highest BCUT2D eigenvalue weighted by Gasteiger charge is 2.19. The largest absolute Gasteiger partial charge is 0.496 e. The number of hydrogen-bond acceptors (Lipinski definition) is 5. The lowest BCUT2D eigenvalue weighted by Gasteiger charge is -2.25. The summed E-state index contributed by atoms with van der Waals surface area (Å²) in [5.41, 5.74) is 4.54. The van der Waals surface area contributed by atoms with Crippen molar-refractivity contribution >= 4 is 11.6 Å². The SMILES string of the molecule is CCCCn1c(CN(Cc2ccc3c(c2)OCO3)Cc2ccc(Cl)cc2OC)cnc1-c1ccccc1. The number of aromatic nitrogens is 2. The van der Waals surface area contributed by atoms with E-state index in [1.807, 2.05) is 36.5 Å². The lowest BCUT2D eigenvalue weighted by molar-refractivity contribution is 0.174. The lowest BCUT2D eigenvalue weighted by atomic mass is 10.1. The maximum absolute atomic E-state index is 6.25. The first kappa shape index (κ1) is 25.2. The van der Waals surface area contributed by atoms with Crippen molar-refractivity contribution in [2.45, 2.75) is 45.9 Å². The van der Waals surface area contributed by atoms with E-state index in [2.05, 4.69) is 52.8 Å². The molecule has 0 amide bonds. The molecule has 6 nitrogen and oxygen atoms in total. The van der Waals surface area contributed by atoms with E-state index < -0.39 is 0 Å². The minimum Gasteiger partial charge on any atom is -0.496 e. The molecule has 5 rings (SSSR count). The zero-order chi connectivity index (χ0) is 25.6. The number of ether oxygens (including phenoxy) is 3. The first-order chi connectivity index (χ1) is 18.1. The van der Waals surface area contributed by atoms with Gasteiger partial charge in [-0.1, -0.05) is 67.4 Å². The van der Waals surface area contributed by atoms with Crippen LogP contribution in [-0.2, 0) is 26.2 Å². The smallest absolute Gasteiger partial charge is 0.231 e. The molecule has 0 radical (unpaired) electrons. The molecule has 1 aliphatic rings. The van der Waals surface area contributed by atoms with E-state index in [1.54, 1.807) is 7.11 Å². The van der Waals surface area contributed by atoms with E-state index in [9.17, 15) is 0 Å². The molecule has 0 atom stereocenters. The summed E-state index contributed by atoms with van der Waals surface area (Å²) in [5.74, 6) is 3.38. The summed E-state index contributed by atoms with van der Waals surface area (Å²) < 4.78 is 19.2. The summed E-state index contributed by atoms with van der Waals surface area (Å²) >= 11 is 6.25. The molecule has 0 aliphatic carbocycles. The third-order valence-corrected chi connectivity index (χ3v) is 6.81. The number of benzene rings is 3. The summed E-state index contributed by atoms with van der Waals surface area (Å²) in [6, 6.07) is 22.4. The number of nitrogens with zero attached hydrogens (tertiary/aromatic N) is 3. The second kappa shape index (κ2) is 11.7. The van der Waals surface area contributed by atoms with E-state index in [0.29, 0.717) is 11.6 Å². The Morgan fingerprint density at radius 3 is 2.62 bits per heavy atom. The van der Waals surface area contributed by atoms with Crippen LogP contribution in [0.1, 0.15) is 36.6 Å². The van der Waals surface area contributed by atoms with Gasteiger partial charge in [-0.25, -0.2) is 4.98 Å². The molecule has 37 heavy (non-hydrogen) atoms. The minimum absolute atomic E-state index is 0.267. The molecular weight excluding hydrogens is 486 g/mol. The van der Waals surface area contributed by atoms with Crippen LogP contribution in [0.15, 0.2) is 72.9 Å². The van der Waals surface area contributed by atoms with Gasteiger partial charge in [0.15, 0.2) is 11.5 Å².